The molecule has 4 aromatic rings. The molecule has 0 radical (unpaired) electrons. The normalized spacial score (nSPS) is 19.5. The van der Waals surface area contributed by atoms with Crippen LogP contribution < -0.4 is 16.6 Å². The van der Waals surface area contributed by atoms with Gasteiger partial charge in [0.15, 0.2) is 0 Å². The number of hydrogen-bond acceptors (Lipinski definition) is 5. The van der Waals surface area contributed by atoms with E-state index in [0.29, 0.717) is 38.9 Å². The van der Waals surface area contributed by atoms with Crippen molar-refractivity contribution in [3.05, 3.63) is 52.7 Å². The van der Waals surface area contributed by atoms with E-state index in [-0.39, 0.29) is 17.6 Å². The number of nitrogens with one attached hydrogen (secondary N) is 3. The maximum atomic E-state index is 13.1. The Balaban J connectivity index is 1.61. The Morgan fingerprint density at radius 3 is 2.62 bits per heavy atom. The molecule has 3 aromatic heterocycles. The van der Waals surface area contributed by atoms with Crippen molar-refractivity contribution >= 4 is 27.8 Å². The third kappa shape index (κ3) is 3.60. The zero-order chi connectivity index (χ0) is 22.5. The predicted molar refractivity (Wildman–Crippen MR) is 116 cm³/mol. The molecule has 1 aliphatic carbocycles. The minimum atomic E-state index is -4.43. The van der Waals surface area contributed by atoms with E-state index in [1.807, 2.05) is 0 Å². The standard InChI is InChI=1S/C22H21F3N6O/c23-22(24,25)11-5-6-12-13(8-27-18(12)7-11)14-9-28-20(32)15-10-29-21(31-19(14)15)30-17-4-2-1-3-16(17)26/h5-10,16-17,27H,1-4,26H2,(H,28,32)(H,29,30,31). The van der Waals surface area contributed by atoms with Crippen LogP contribution in [0.5, 0.6) is 0 Å². The van der Waals surface area contributed by atoms with E-state index >= 15 is 0 Å². The van der Waals surface area contributed by atoms with Crippen molar-refractivity contribution < 1.29 is 13.2 Å². The number of rotatable bonds is 3. The minimum absolute atomic E-state index is 0.00172. The summed E-state index contributed by atoms with van der Waals surface area (Å²) in [4.78, 5) is 26.8. The summed E-state index contributed by atoms with van der Waals surface area (Å²) in [6, 6.07) is 3.57. The van der Waals surface area contributed by atoms with Crippen molar-refractivity contribution in [1.29, 1.82) is 0 Å². The lowest BCUT2D eigenvalue weighted by Gasteiger charge is -2.29. The Morgan fingerprint density at radius 1 is 1.06 bits per heavy atom. The molecule has 0 bridgehead atoms. The molecule has 0 spiro atoms. The second-order valence-electron chi connectivity index (χ2n) is 8.15. The number of nitrogens with two attached hydrogens (primary N) is 1. The summed E-state index contributed by atoms with van der Waals surface area (Å²) in [6.07, 6.45) is 4.15. The third-order valence-corrected chi connectivity index (χ3v) is 6.07. The van der Waals surface area contributed by atoms with Gasteiger partial charge >= 0.3 is 6.18 Å². The van der Waals surface area contributed by atoms with Crippen LogP contribution in [0.4, 0.5) is 19.1 Å². The first kappa shape index (κ1) is 20.5. The number of halogens is 3. The van der Waals surface area contributed by atoms with Crippen molar-refractivity contribution in [3.63, 3.8) is 0 Å². The third-order valence-electron chi connectivity index (χ3n) is 6.07. The highest BCUT2D eigenvalue weighted by molar-refractivity contribution is 6.03. The van der Waals surface area contributed by atoms with E-state index in [4.69, 9.17) is 5.73 Å². The highest BCUT2D eigenvalue weighted by atomic mass is 19.4. The second kappa shape index (κ2) is 7.63. The first-order chi connectivity index (χ1) is 15.3. The average Bonchev–Trinajstić information content (AvgIpc) is 3.18. The van der Waals surface area contributed by atoms with Crippen LogP contribution in [0.15, 0.2) is 41.6 Å². The van der Waals surface area contributed by atoms with E-state index < -0.39 is 11.7 Å². The maximum Gasteiger partial charge on any atom is 0.416 e. The number of aromatic amines is 2. The number of pyridine rings is 1. The van der Waals surface area contributed by atoms with Gasteiger partial charge in [-0.3, -0.25) is 4.79 Å². The molecule has 2 atom stereocenters. The fourth-order valence-corrected chi connectivity index (χ4v) is 4.34. The lowest BCUT2D eigenvalue weighted by molar-refractivity contribution is -0.137. The van der Waals surface area contributed by atoms with E-state index in [9.17, 15) is 18.0 Å². The van der Waals surface area contributed by atoms with Gasteiger partial charge in [0.05, 0.1) is 16.5 Å². The molecule has 5 N–H and O–H groups in total. The molecule has 0 aliphatic heterocycles. The Bertz CT molecular complexity index is 1360. The largest absolute Gasteiger partial charge is 0.416 e. The molecule has 3 heterocycles. The number of nitrogens with zero attached hydrogens (tertiary/aromatic N) is 2. The summed E-state index contributed by atoms with van der Waals surface area (Å²) in [5, 5.41) is 4.17. The minimum Gasteiger partial charge on any atom is -0.361 e. The zero-order valence-corrected chi connectivity index (χ0v) is 17.0. The SMILES string of the molecule is NC1CCCCC1Nc1ncc2c(=O)[nH]cc(-c3c[nH]c4cc(C(F)(F)F)ccc34)c2n1. The van der Waals surface area contributed by atoms with Crippen LogP contribution >= 0.6 is 0 Å². The molecule has 1 saturated carbocycles. The van der Waals surface area contributed by atoms with Gasteiger partial charge in [-0.1, -0.05) is 18.9 Å². The van der Waals surface area contributed by atoms with E-state index in [0.717, 1.165) is 37.8 Å². The predicted octanol–water partition coefficient (Wildman–Crippen LogP) is 4.17. The summed E-state index contributed by atoms with van der Waals surface area (Å²) in [5.41, 5.74) is 7.12. The van der Waals surface area contributed by atoms with Gasteiger partial charge in [0.25, 0.3) is 5.56 Å². The number of H-pyrrole nitrogens is 2. The molecule has 32 heavy (non-hydrogen) atoms. The number of alkyl halides is 3. The van der Waals surface area contributed by atoms with Crippen LogP contribution in [0.1, 0.15) is 31.2 Å². The van der Waals surface area contributed by atoms with E-state index in [1.54, 1.807) is 6.20 Å². The fourth-order valence-electron chi connectivity index (χ4n) is 4.34. The molecule has 5 rings (SSSR count). The van der Waals surface area contributed by atoms with Gasteiger partial charge in [-0.15, -0.1) is 0 Å². The molecule has 1 aliphatic rings. The summed E-state index contributed by atoms with van der Waals surface area (Å²) in [5.74, 6) is 0.367. The maximum absolute atomic E-state index is 13.1. The van der Waals surface area contributed by atoms with Crippen molar-refractivity contribution in [2.75, 3.05) is 5.32 Å². The van der Waals surface area contributed by atoms with Gasteiger partial charge in [-0.25, -0.2) is 9.97 Å². The van der Waals surface area contributed by atoms with Crippen molar-refractivity contribution in [2.24, 2.45) is 5.73 Å². The summed E-state index contributed by atoms with van der Waals surface area (Å²) in [6.45, 7) is 0. The zero-order valence-electron chi connectivity index (χ0n) is 17.0. The van der Waals surface area contributed by atoms with Gasteiger partial charge in [-0.05, 0) is 25.0 Å². The van der Waals surface area contributed by atoms with E-state index in [2.05, 4.69) is 25.3 Å². The first-order valence-electron chi connectivity index (χ1n) is 10.4. The lowest BCUT2D eigenvalue weighted by atomic mass is 9.91. The fraction of sp³-hybridized carbons (Fsp3) is 0.318. The number of anilines is 1. The topological polar surface area (TPSA) is 112 Å². The molecule has 10 heteroatoms. The van der Waals surface area contributed by atoms with Crippen molar-refractivity contribution in [1.82, 2.24) is 19.9 Å². The molecule has 1 fully saturated rings. The summed E-state index contributed by atoms with van der Waals surface area (Å²) >= 11 is 0. The molecule has 166 valence electrons. The van der Waals surface area contributed by atoms with E-state index in [1.165, 1.54) is 18.5 Å². The number of fused-ring (bicyclic) bond motifs is 2. The Labute approximate surface area is 180 Å². The number of aromatic nitrogens is 4. The Morgan fingerprint density at radius 2 is 1.84 bits per heavy atom. The quantitative estimate of drug-likeness (QED) is 0.381. The Hall–Kier alpha value is -3.40. The molecule has 1 aromatic carbocycles. The van der Waals surface area contributed by atoms with Gasteiger partial charge in [0, 0.05) is 52.7 Å². The van der Waals surface area contributed by atoms with Crippen LogP contribution in [0, 0.1) is 0 Å². The van der Waals surface area contributed by atoms with Gasteiger partial charge in [0.1, 0.15) is 0 Å². The smallest absolute Gasteiger partial charge is 0.361 e. The van der Waals surface area contributed by atoms with Crippen LogP contribution in [-0.4, -0.2) is 32.0 Å². The van der Waals surface area contributed by atoms with Gasteiger partial charge in [0.2, 0.25) is 5.95 Å². The van der Waals surface area contributed by atoms with Crippen molar-refractivity contribution in [3.8, 4) is 11.1 Å². The first-order valence-corrected chi connectivity index (χ1v) is 10.4. The molecule has 7 nitrogen and oxygen atoms in total. The molecular formula is C22H21F3N6O. The number of benzene rings is 1. The monoisotopic (exact) mass is 442 g/mol. The van der Waals surface area contributed by atoms with Crippen LogP contribution in [0.3, 0.4) is 0 Å². The molecule has 2 unspecified atom stereocenters. The lowest BCUT2D eigenvalue weighted by Crippen LogP contribution is -2.42. The van der Waals surface area contributed by atoms with Crippen LogP contribution in [0.25, 0.3) is 32.9 Å². The average molecular weight is 442 g/mol. The summed E-state index contributed by atoms with van der Waals surface area (Å²) < 4.78 is 39.2. The van der Waals surface area contributed by atoms with Crippen molar-refractivity contribution in [2.45, 2.75) is 43.9 Å². The van der Waals surface area contributed by atoms with Crippen LogP contribution in [-0.2, 0) is 6.18 Å². The molecule has 0 saturated heterocycles. The Kier molecular flexibility index (Phi) is 4.89. The highest BCUT2D eigenvalue weighted by Crippen LogP contribution is 2.36. The molecular weight excluding hydrogens is 421 g/mol. The number of hydrogen-bond donors (Lipinski definition) is 4. The second-order valence-corrected chi connectivity index (χ2v) is 8.15. The molecule has 0 amide bonds. The van der Waals surface area contributed by atoms with Gasteiger partial charge < -0.3 is 21.0 Å². The highest BCUT2D eigenvalue weighted by Gasteiger charge is 2.31. The van der Waals surface area contributed by atoms with Crippen LogP contribution in [0.2, 0.25) is 0 Å². The van der Waals surface area contributed by atoms with Gasteiger partial charge in [-0.2, -0.15) is 13.2 Å². The summed E-state index contributed by atoms with van der Waals surface area (Å²) in [7, 11) is 0.